The molecule has 0 bridgehead atoms. The van der Waals surface area contributed by atoms with Crippen LogP contribution in [-0.2, 0) is 16.0 Å². The summed E-state index contributed by atoms with van der Waals surface area (Å²) in [5.74, 6) is 1.41. The molecule has 0 spiro atoms. The van der Waals surface area contributed by atoms with E-state index in [9.17, 15) is 4.79 Å². The van der Waals surface area contributed by atoms with Crippen LogP contribution in [-0.4, -0.2) is 50.3 Å². The number of nitrogens with one attached hydrogen (secondary N) is 1. The van der Waals surface area contributed by atoms with Crippen molar-refractivity contribution in [3.8, 4) is 5.75 Å². The van der Waals surface area contributed by atoms with E-state index in [1.54, 1.807) is 6.26 Å². The molecule has 1 amide bonds. The van der Waals surface area contributed by atoms with Gasteiger partial charge >= 0.3 is 0 Å². The van der Waals surface area contributed by atoms with E-state index in [1.807, 2.05) is 36.4 Å². The molecule has 1 aromatic carbocycles. The van der Waals surface area contributed by atoms with Gasteiger partial charge in [0.1, 0.15) is 11.5 Å². The van der Waals surface area contributed by atoms with Crippen LogP contribution in [0.15, 0.2) is 47.1 Å². The number of nitrogens with zero attached hydrogens (tertiary/aromatic N) is 1. The summed E-state index contributed by atoms with van der Waals surface area (Å²) in [5, 5.41) is 2.95. The van der Waals surface area contributed by atoms with Crippen LogP contribution in [0, 0.1) is 0 Å². The molecule has 7 heteroatoms. The van der Waals surface area contributed by atoms with Crippen molar-refractivity contribution in [2.45, 2.75) is 19.4 Å². The van der Waals surface area contributed by atoms with E-state index in [0.29, 0.717) is 25.5 Å². The number of halogens is 1. The van der Waals surface area contributed by atoms with Gasteiger partial charge < -0.3 is 19.2 Å². The number of furan rings is 1. The van der Waals surface area contributed by atoms with Gasteiger partial charge in [-0.05, 0) is 36.2 Å². The molecule has 1 aliphatic rings. The molecule has 2 aromatic rings. The van der Waals surface area contributed by atoms with Crippen LogP contribution in [0.1, 0.15) is 24.3 Å². The molecule has 1 fully saturated rings. The Morgan fingerprint density at radius 2 is 1.96 bits per heavy atom. The Labute approximate surface area is 166 Å². The minimum absolute atomic E-state index is 0. The zero-order valence-electron chi connectivity index (χ0n) is 15.6. The third-order valence-corrected chi connectivity index (χ3v) is 4.55. The number of hydrogen-bond donors (Lipinski definition) is 1. The first kappa shape index (κ1) is 21.3. The summed E-state index contributed by atoms with van der Waals surface area (Å²) in [6, 6.07) is 11.6. The zero-order valence-corrected chi connectivity index (χ0v) is 16.4. The van der Waals surface area contributed by atoms with Gasteiger partial charge in [-0.25, -0.2) is 0 Å². The van der Waals surface area contributed by atoms with E-state index >= 15 is 0 Å². The molecular weight excluding hydrogens is 368 g/mol. The average molecular weight is 395 g/mol. The summed E-state index contributed by atoms with van der Waals surface area (Å²) in [6.07, 6.45) is 2.64. The number of carbonyl (C=O) groups is 1. The predicted molar refractivity (Wildman–Crippen MR) is 105 cm³/mol. The number of carbonyl (C=O) groups excluding carboxylic acids is 1. The van der Waals surface area contributed by atoms with Gasteiger partial charge in [0.15, 0.2) is 6.61 Å². The van der Waals surface area contributed by atoms with Crippen LogP contribution >= 0.6 is 12.4 Å². The number of hydrogen-bond acceptors (Lipinski definition) is 5. The van der Waals surface area contributed by atoms with Crippen molar-refractivity contribution in [1.29, 1.82) is 0 Å². The van der Waals surface area contributed by atoms with Gasteiger partial charge in [0.25, 0.3) is 5.91 Å². The smallest absolute Gasteiger partial charge is 0.258 e. The van der Waals surface area contributed by atoms with Gasteiger partial charge in [-0.3, -0.25) is 9.69 Å². The minimum Gasteiger partial charge on any atom is -0.484 e. The Hall–Kier alpha value is -2.02. The first-order chi connectivity index (χ1) is 12.8. The molecular formula is C20H27ClN2O4. The topological polar surface area (TPSA) is 63.9 Å². The van der Waals surface area contributed by atoms with Crippen molar-refractivity contribution < 1.29 is 18.7 Å². The minimum atomic E-state index is -0.144. The lowest BCUT2D eigenvalue weighted by atomic mass is 10.1. The number of benzene rings is 1. The molecule has 3 rings (SSSR count). The summed E-state index contributed by atoms with van der Waals surface area (Å²) in [6.45, 7) is 5.62. The SMILES string of the molecule is CCc1ccc(OCC(=O)NCC(c2ccco2)N2CCOCC2)cc1.Cl. The molecule has 1 saturated heterocycles. The quantitative estimate of drug-likeness (QED) is 0.745. The fourth-order valence-electron chi connectivity index (χ4n) is 3.01. The fraction of sp³-hybridized carbons (Fsp3) is 0.450. The van der Waals surface area contributed by atoms with E-state index in [-0.39, 0.29) is 31.0 Å². The number of morpholine rings is 1. The summed E-state index contributed by atoms with van der Waals surface area (Å²) in [4.78, 5) is 14.5. The molecule has 0 aliphatic carbocycles. The summed E-state index contributed by atoms with van der Waals surface area (Å²) in [7, 11) is 0. The van der Waals surface area contributed by atoms with E-state index in [4.69, 9.17) is 13.9 Å². The monoisotopic (exact) mass is 394 g/mol. The summed E-state index contributed by atoms with van der Waals surface area (Å²) in [5.41, 5.74) is 1.24. The first-order valence-electron chi connectivity index (χ1n) is 9.10. The molecule has 1 aliphatic heterocycles. The van der Waals surface area contributed by atoms with E-state index in [2.05, 4.69) is 17.1 Å². The number of aryl methyl sites for hydroxylation is 1. The highest BCUT2D eigenvalue weighted by Gasteiger charge is 2.25. The van der Waals surface area contributed by atoms with Crippen molar-refractivity contribution in [3.63, 3.8) is 0 Å². The zero-order chi connectivity index (χ0) is 18.2. The Morgan fingerprint density at radius 3 is 2.59 bits per heavy atom. The second-order valence-electron chi connectivity index (χ2n) is 6.27. The second kappa shape index (κ2) is 11.0. The molecule has 1 aromatic heterocycles. The maximum atomic E-state index is 12.2. The molecule has 148 valence electrons. The maximum Gasteiger partial charge on any atom is 0.258 e. The Morgan fingerprint density at radius 1 is 1.22 bits per heavy atom. The molecule has 27 heavy (non-hydrogen) atoms. The molecule has 1 N–H and O–H groups in total. The molecule has 1 unspecified atom stereocenters. The van der Waals surface area contributed by atoms with E-state index in [0.717, 1.165) is 25.3 Å². The van der Waals surface area contributed by atoms with E-state index in [1.165, 1.54) is 5.56 Å². The molecule has 2 heterocycles. The molecule has 1 atom stereocenters. The summed E-state index contributed by atoms with van der Waals surface area (Å²) < 4.78 is 16.6. The number of ether oxygens (including phenoxy) is 2. The maximum absolute atomic E-state index is 12.2. The van der Waals surface area contributed by atoms with Crippen molar-refractivity contribution in [3.05, 3.63) is 54.0 Å². The van der Waals surface area contributed by atoms with Crippen molar-refractivity contribution in [1.82, 2.24) is 10.2 Å². The van der Waals surface area contributed by atoms with Crippen LogP contribution in [0.25, 0.3) is 0 Å². The first-order valence-corrected chi connectivity index (χ1v) is 9.10. The predicted octanol–water partition coefficient (Wildman–Crippen LogP) is 2.83. The average Bonchev–Trinajstić information content (AvgIpc) is 3.22. The Kier molecular flexibility index (Phi) is 8.64. The number of amides is 1. The molecule has 0 radical (unpaired) electrons. The second-order valence-corrected chi connectivity index (χ2v) is 6.27. The lowest BCUT2D eigenvalue weighted by Gasteiger charge is -2.33. The van der Waals surface area contributed by atoms with Crippen molar-refractivity contribution >= 4 is 18.3 Å². The van der Waals surface area contributed by atoms with Gasteiger partial charge in [0.2, 0.25) is 0 Å². The van der Waals surface area contributed by atoms with Gasteiger partial charge in [-0.15, -0.1) is 12.4 Å². The highest BCUT2D eigenvalue weighted by molar-refractivity contribution is 5.85. The van der Waals surface area contributed by atoms with Crippen LogP contribution in [0.5, 0.6) is 5.75 Å². The Balaban J connectivity index is 0.00000261. The van der Waals surface area contributed by atoms with Crippen LogP contribution in [0.3, 0.4) is 0 Å². The third-order valence-electron chi connectivity index (χ3n) is 4.55. The lowest BCUT2D eigenvalue weighted by molar-refractivity contribution is -0.123. The fourth-order valence-corrected chi connectivity index (χ4v) is 3.01. The summed E-state index contributed by atoms with van der Waals surface area (Å²) >= 11 is 0. The van der Waals surface area contributed by atoms with Gasteiger partial charge in [-0.2, -0.15) is 0 Å². The number of rotatable bonds is 8. The molecule has 0 saturated carbocycles. The highest BCUT2D eigenvalue weighted by Crippen LogP contribution is 2.21. The van der Waals surface area contributed by atoms with Crippen LogP contribution in [0.4, 0.5) is 0 Å². The standard InChI is InChI=1S/C20H26N2O4.ClH/c1-2-16-5-7-17(8-6-16)26-15-20(23)21-14-18(19-4-3-11-25-19)22-9-12-24-13-10-22;/h3-8,11,18H,2,9-10,12-15H2,1H3,(H,21,23);1H. The normalized spacial score (nSPS) is 15.6. The third kappa shape index (κ3) is 6.27. The Bertz CT molecular complexity index is 670. The highest BCUT2D eigenvalue weighted by atomic mass is 35.5. The molecule has 6 nitrogen and oxygen atoms in total. The van der Waals surface area contributed by atoms with Gasteiger partial charge in [-0.1, -0.05) is 19.1 Å². The van der Waals surface area contributed by atoms with Gasteiger partial charge in [0.05, 0.1) is 25.5 Å². The lowest BCUT2D eigenvalue weighted by Crippen LogP contribution is -2.44. The van der Waals surface area contributed by atoms with Crippen molar-refractivity contribution in [2.75, 3.05) is 39.5 Å². The van der Waals surface area contributed by atoms with Gasteiger partial charge in [0, 0.05) is 19.6 Å². The largest absolute Gasteiger partial charge is 0.484 e. The van der Waals surface area contributed by atoms with E-state index < -0.39 is 0 Å². The van der Waals surface area contributed by atoms with Crippen LogP contribution < -0.4 is 10.1 Å². The van der Waals surface area contributed by atoms with Crippen LogP contribution in [0.2, 0.25) is 0 Å². The van der Waals surface area contributed by atoms with Crippen molar-refractivity contribution in [2.24, 2.45) is 0 Å².